The van der Waals surface area contributed by atoms with Crippen molar-refractivity contribution in [3.63, 3.8) is 0 Å². The topological polar surface area (TPSA) is 99.1 Å². The van der Waals surface area contributed by atoms with Crippen molar-refractivity contribution in [3.8, 4) is 5.69 Å². The van der Waals surface area contributed by atoms with Crippen molar-refractivity contribution in [2.45, 2.75) is 0 Å². The quantitative estimate of drug-likeness (QED) is 0.754. The zero-order valence-corrected chi connectivity index (χ0v) is 13.5. The Bertz CT molecular complexity index is 1040. The minimum absolute atomic E-state index is 0.201. The third-order valence-electron chi connectivity index (χ3n) is 3.77. The van der Waals surface area contributed by atoms with Gasteiger partial charge in [-0.3, -0.25) is 14.2 Å². The summed E-state index contributed by atoms with van der Waals surface area (Å²) in [6.45, 7) is 0. The van der Waals surface area contributed by atoms with E-state index in [-0.39, 0.29) is 11.4 Å². The molecule has 0 unspecified atom stereocenters. The molecule has 0 fully saturated rings. The van der Waals surface area contributed by atoms with E-state index in [0.717, 1.165) is 9.13 Å². The SMILES string of the molecule is Cn1c(=O)c(C(=O)Nc2ccccc2)c(N)n(-c2ccccc2)c1=O. The van der Waals surface area contributed by atoms with Gasteiger partial charge < -0.3 is 11.1 Å². The first-order valence-electron chi connectivity index (χ1n) is 7.54. The molecule has 0 atom stereocenters. The molecule has 0 aliphatic rings. The van der Waals surface area contributed by atoms with E-state index in [4.69, 9.17) is 5.73 Å². The third-order valence-corrected chi connectivity index (χ3v) is 3.77. The fraction of sp³-hybridized carbons (Fsp3) is 0.0556. The molecule has 1 heterocycles. The predicted molar refractivity (Wildman–Crippen MR) is 96.1 cm³/mol. The third kappa shape index (κ3) is 2.94. The van der Waals surface area contributed by atoms with Gasteiger partial charge in [0.25, 0.3) is 11.5 Å². The van der Waals surface area contributed by atoms with Gasteiger partial charge in [0.1, 0.15) is 11.4 Å². The Morgan fingerprint density at radius 3 is 2.12 bits per heavy atom. The van der Waals surface area contributed by atoms with Crippen LogP contribution in [-0.2, 0) is 7.05 Å². The molecule has 3 aromatic rings. The molecular weight excluding hydrogens is 320 g/mol. The number of para-hydroxylation sites is 2. The van der Waals surface area contributed by atoms with Crippen LogP contribution in [0, 0.1) is 0 Å². The van der Waals surface area contributed by atoms with Gasteiger partial charge in [-0.1, -0.05) is 36.4 Å². The summed E-state index contributed by atoms with van der Waals surface area (Å²) < 4.78 is 2.00. The minimum Gasteiger partial charge on any atom is -0.384 e. The van der Waals surface area contributed by atoms with Crippen LogP contribution in [0.25, 0.3) is 5.69 Å². The maximum Gasteiger partial charge on any atom is 0.336 e. The Hall–Kier alpha value is -3.61. The number of nitrogens with one attached hydrogen (secondary N) is 1. The minimum atomic E-state index is -0.747. The number of rotatable bonds is 3. The molecule has 2 aromatic carbocycles. The molecule has 0 bridgehead atoms. The highest BCUT2D eigenvalue weighted by atomic mass is 16.2. The maximum atomic E-state index is 12.6. The normalized spacial score (nSPS) is 10.4. The summed E-state index contributed by atoms with van der Waals surface area (Å²) in [4.78, 5) is 37.5. The highest BCUT2D eigenvalue weighted by Gasteiger charge is 2.22. The lowest BCUT2D eigenvalue weighted by atomic mass is 10.2. The predicted octanol–water partition coefficient (Wildman–Crippen LogP) is 1.37. The Balaban J connectivity index is 2.18. The number of nitrogens with two attached hydrogens (primary N) is 1. The van der Waals surface area contributed by atoms with Crippen LogP contribution in [0.15, 0.2) is 70.3 Å². The number of aromatic nitrogens is 2. The van der Waals surface area contributed by atoms with Crippen LogP contribution in [0.3, 0.4) is 0 Å². The molecular formula is C18H16N4O3. The zero-order chi connectivity index (χ0) is 18.0. The molecule has 0 saturated carbocycles. The molecule has 25 heavy (non-hydrogen) atoms. The van der Waals surface area contributed by atoms with Gasteiger partial charge in [-0.05, 0) is 24.3 Å². The fourth-order valence-corrected chi connectivity index (χ4v) is 2.48. The first kappa shape index (κ1) is 16.3. The summed E-state index contributed by atoms with van der Waals surface area (Å²) in [5.74, 6) is -0.873. The van der Waals surface area contributed by atoms with Crippen molar-refractivity contribution in [3.05, 3.63) is 87.1 Å². The Labute approximate surface area is 143 Å². The molecule has 3 rings (SSSR count). The van der Waals surface area contributed by atoms with Gasteiger partial charge in [-0.25, -0.2) is 9.36 Å². The number of hydrogen-bond donors (Lipinski definition) is 2. The molecule has 3 N–H and O–H groups in total. The zero-order valence-electron chi connectivity index (χ0n) is 13.5. The van der Waals surface area contributed by atoms with E-state index >= 15 is 0 Å². The largest absolute Gasteiger partial charge is 0.384 e. The lowest BCUT2D eigenvalue weighted by Gasteiger charge is -2.15. The molecule has 1 aromatic heterocycles. The summed E-state index contributed by atoms with van der Waals surface area (Å²) in [5, 5.41) is 2.62. The van der Waals surface area contributed by atoms with E-state index in [1.54, 1.807) is 60.7 Å². The Morgan fingerprint density at radius 1 is 0.960 bits per heavy atom. The van der Waals surface area contributed by atoms with Crippen LogP contribution >= 0.6 is 0 Å². The first-order valence-corrected chi connectivity index (χ1v) is 7.54. The van der Waals surface area contributed by atoms with Gasteiger partial charge in [0.2, 0.25) is 0 Å². The Kier molecular flexibility index (Phi) is 4.21. The van der Waals surface area contributed by atoms with Gasteiger partial charge >= 0.3 is 5.69 Å². The lowest BCUT2D eigenvalue weighted by Crippen LogP contribution is -2.43. The second-order valence-corrected chi connectivity index (χ2v) is 5.40. The second-order valence-electron chi connectivity index (χ2n) is 5.40. The van der Waals surface area contributed by atoms with Gasteiger partial charge in [-0.2, -0.15) is 0 Å². The molecule has 7 nitrogen and oxygen atoms in total. The molecule has 0 aliphatic carbocycles. The van der Waals surface area contributed by atoms with Crippen molar-refractivity contribution in [1.82, 2.24) is 9.13 Å². The lowest BCUT2D eigenvalue weighted by molar-refractivity contribution is 0.102. The van der Waals surface area contributed by atoms with Crippen LogP contribution < -0.4 is 22.3 Å². The highest BCUT2D eigenvalue weighted by Crippen LogP contribution is 2.14. The summed E-state index contributed by atoms with van der Waals surface area (Å²) in [5.41, 5.74) is 5.37. The number of benzene rings is 2. The van der Waals surface area contributed by atoms with Crippen LogP contribution in [-0.4, -0.2) is 15.0 Å². The maximum absolute atomic E-state index is 12.6. The number of nitrogens with zero attached hydrogens (tertiary/aromatic N) is 2. The van der Waals surface area contributed by atoms with Crippen molar-refractivity contribution < 1.29 is 4.79 Å². The number of carbonyl (C=O) groups excluding carboxylic acids is 1. The average molecular weight is 336 g/mol. The molecule has 0 radical (unpaired) electrons. The molecule has 0 saturated heterocycles. The molecule has 1 amide bonds. The molecule has 0 aliphatic heterocycles. The molecule has 0 spiro atoms. The van der Waals surface area contributed by atoms with Gasteiger partial charge in [-0.15, -0.1) is 0 Å². The van der Waals surface area contributed by atoms with E-state index in [9.17, 15) is 14.4 Å². The number of nitrogen functional groups attached to an aromatic ring is 1. The molecule has 126 valence electrons. The summed E-state index contributed by atoms with van der Waals surface area (Å²) >= 11 is 0. The van der Waals surface area contributed by atoms with Crippen molar-refractivity contribution >= 4 is 17.4 Å². The number of amides is 1. The molecule has 7 heteroatoms. The highest BCUT2D eigenvalue weighted by molar-refractivity contribution is 6.07. The van der Waals surface area contributed by atoms with Gasteiger partial charge in [0.15, 0.2) is 0 Å². The van der Waals surface area contributed by atoms with Crippen LogP contribution in [0.5, 0.6) is 0 Å². The van der Waals surface area contributed by atoms with Crippen LogP contribution in [0.4, 0.5) is 11.5 Å². The number of anilines is 2. The van der Waals surface area contributed by atoms with E-state index < -0.39 is 17.2 Å². The Morgan fingerprint density at radius 2 is 1.52 bits per heavy atom. The smallest absolute Gasteiger partial charge is 0.336 e. The standard InChI is InChI=1S/C18H16N4O3/c1-21-17(24)14(16(23)20-12-8-4-2-5-9-12)15(19)22(18(21)25)13-10-6-3-7-11-13/h2-11H,19H2,1H3,(H,20,23). The summed E-state index contributed by atoms with van der Waals surface area (Å²) in [7, 11) is 1.31. The fourth-order valence-electron chi connectivity index (χ4n) is 2.48. The number of carbonyl (C=O) groups is 1. The van der Waals surface area contributed by atoms with Gasteiger partial charge in [0, 0.05) is 12.7 Å². The number of hydrogen-bond acceptors (Lipinski definition) is 4. The first-order chi connectivity index (χ1) is 12.0. The van der Waals surface area contributed by atoms with Crippen LogP contribution in [0.2, 0.25) is 0 Å². The van der Waals surface area contributed by atoms with Crippen molar-refractivity contribution in [1.29, 1.82) is 0 Å². The second kappa shape index (κ2) is 6.48. The van der Waals surface area contributed by atoms with E-state index in [1.807, 2.05) is 0 Å². The van der Waals surface area contributed by atoms with E-state index in [0.29, 0.717) is 11.4 Å². The van der Waals surface area contributed by atoms with E-state index in [1.165, 1.54) is 7.05 Å². The van der Waals surface area contributed by atoms with Crippen LogP contribution in [0.1, 0.15) is 10.4 Å². The summed E-state index contributed by atoms with van der Waals surface area (Å²) in [6.07, 6.45) is 0. The van der Waals surface area contributed by atoms with Crippen molar-refractivity contribution in [2.75, 3.05) is 11.1 Å². The average Bonchev–Trinajstić information content (AvgIpc) is 2.62. The van der Waals surface area contributed by atoms with E-state index in [2.05, 4.69) is 5.32 Å². The van der Waals surface area contributed by atoms with Crippen molar-refractivity contribution in [2.24, 2.45) is 7.05 Å². The summed E-state index contributed by atoms with van der Waals surface area (Å²) in [6, 6.07) is 17.3. The van der Waals surface area contributed by atoms with Gasteiger partial charge in [0.05, 0.1) is 5.69 Å². The monoisotopic (exact) mass is 336 g/mol.